The van der Waals surface area contributed by atoms with E-state index in [1.54, 1.807) is 19.1 Å². The van der Waals surface area contributed by atoms with Gasteiger partial charge in [0.05, 0.1) is 10.5 Å². The Hall–Kier alpha value is -1.34. The Balaban J connectivity index is 2.27. The molecule has 0 N–H and O–H groups in total. The summed E-state index contributed by atoms with van der Waals surface area (Å²) in [6, 6.07) is 3.57. The fourth-order valence-corrected chi connectivity index (χ4v) is 3.90. The monoisotopic (exact) mass is 271 g/mol. The molecule has 0 saturated carbocycles. The lowest BCUT2D eigenvalue weighted by molar-refractivity contribution is 0.174. The Labute approximate surface area is 102 Å². The van der Waals surface area contributed by atoms with Gasteiger partial charge in [0, 0.05) is 0 Å². The lowest BCUT2D eigenvalue weighted by Gasteiger charge is -1.94. The largest absolute Gasteiger partial charge is 0.454 e. The summed E-state index contributed by atoms with van der Waals surface area (Å²) in [7, 11) is -3.27. The second-order valence-corrected chi connectivity index (χ2v) is 7.01. The van der Waals surface area contributed by atoms with E-state index in [-0.39, 0.29) is 16.9 Å². The highest BCUT2D eigenvalue weighted by atomic mass is 32.2. The second-order valence-electron chi connectivity index (χ2n) is 3.53. The summed E-state index contributed by atoms with van der Waals surface area (Å²) in [5.74, 6) is 1.20. The minimum absolute atomic E-state index is 0.0480. The highest BCUT2D eigenvalue weighted by Crippen LogP contribution is 2.41. The highest BCUT2D eigenvalue weighted by Gasteiger charge is 2.23. The highest BCUT2D eigenvalue weighted by molar-refractivity contribution is 7.93. The molecule has 0 atom stereocenters. The third-order valence-electron chi connectivity index (χ3n) is 2.52. The fourth-order valence-electron chi connectivity index (χ4n) is 1.59. The number of aromatic nitrogens is 1. The van der Waals surface area contributed by atoms with Gasteiger partial charge in [0.15, 0.2) is 11.5 Å². The van der Waals surface area contributed by atoms with Crippen LogP contribution in [0.4, 0.5) is 0 Å². The first-order valence-electron chi connectivity index (χ1n) is 5.03. The van der Waals surface area contributed by atoms with Crippen molar-refractivity contribution in [3.8, 4) is 11.5 Å². The van der Waals surface area contributed by atoms with E-state index in [4.69, 9.17) is 9.47 Å². The van der Waals surface area contributed by atoms with Crippen LogP contribution in [0.15, 0.2) is 16.5 Å². The first-order chi connectivity index (χ1) is 8.12. The predicted octanol–water partition coefficient (Wildman–Crippen LogP) is 1.82. The first kappa shape index (κ1) is 10.8. The van der Waals surface area contributed by atoms with Crippen molar-refractivity contribution in [2.75, 3.05) is 12.5 Å². The topological polar surface area (TPSA) is 65.5 Å². The third kappa shape index (κ3) is 1.57. The molecule has 0 aliphatic carbocycles. The summed E-state index contributed by atoms with van der Waals surface area (Å²) < 4.78 is 34.9. The van der Waals surface area contributed by atoms with Crippen LogP contribution in [-0.4, -0.2) is 25.9 Å². The lowest BCUT2D eigenvalue weighted by Crippen LogP contribution is -2.02. The fraction of sp³-hybridized carbons (Fsp3) is 0.300. The van der Waals surface area contributed by atoms with Crippen LogP contribution in [0.3, 0.4) is 0 Å². The molecule has 1 aliphatic heterocycles. The number of rotatable bonds is 2. The zero-order chi connectivity index (χ0) is 12.0. The molecule has 1 aromatic heterocycles. The summed E-state index contributed by atoms with van der Waals surface area (Å²) >= 11 is 1.16. The number of thiazole rings is 1. The molecule has 0 spiro atoms. The van der Waals surface area contributed by atoms with Crippen molar-refractivity contribution in [2.24, 2.45) is 0 Å². The molecule has 1 aromatic carbocycles. The number of nitrogens with zero attached hydrogens (tertiary/aromatic N) is 1. The smallest absolute Gasteiger partial charge is 0.231 e. The van der Waals surface area contributed by atoms with Crippen molar-refractivity contribution >= 4 is 31.4 Å². The van der Waals surface area contributed by atoms with Crippen molar-refractivity contribution in [3.05, 3.63) is 12.1 Å². The molecule has 7 heteroatoms. The maximum atomic E-state index is 11.7. The van der Waals surface area contributed by atoms with Gasteiger partial charge in [0.25, 0.3) is 0 Å². The van der Waals surface area contributed by atoms with Crippen LogP contribution < -0.4 is 9.47 Å². The average molecular weight is 271 g/mol. The van der Waals surface area contributed by atoms with Crippen LogP contribution in [0.1, 0.15) is 6.92 Å². The molecule has 17 heavy (non-hydrogen) atoms. The Morgan fingerprint density at radius 2 is 2.24 bits per heavy atom. The molecule has 2 aromatic rings. The quantitative estimate of drug-likeness (QED) is 0.833. The molecule has 90 valence electrons. The number of sulfone groups is 1. The van der Waals surface area contributed by atoms with E-state index < -0.39 is 9.84 Å². The van der Waals surface area contributed by atoms with E-state index in [1.807, 2.05) is 0 Å². The molecule has 0 saturated heterocycles. The van der Waals surface area contributed by atoms with Gasteiger partial charge >= 0.3 is 0 Å². The minimum Gasteiger partial charge on any atom is -0.454 e. The standard InChI is InChI=1S/C10H9NO4S2/c1-2-17(12,13)10-11-8-7(16-10)4-3-6-9(8)15-5-14-6/h3-4H,2,5H2,1H3. The van der Waals surface area contributed by atoms with E-state index in [1.165, 1.54) is 0 Å². The molecule has 0 amide bonds. The van der Waals surface area contributed by atoms with Gasteiger partial charge in [-0.1, -0.05) is 6.92 Å². The minimum atomic E-state index is -3.27. The molecule has 1 aliphatic rings. The molecule has 5 nitrogen and oxygen atoms in total. The zero-order valence-corrected chi connectivity index (χ0v) is 10.6. The van der Waals surface area contributed by atoms with E-state index in [9.17, 15) is 8.42 Å². The van der Waals surface area contributed by atoms with Crippen LogP contribution in [0.25, 0.3) is 10.2 Å². The van der Waals surface area contributed by atoms with Gasteiger partial charge in [-0.05, 0) is 12.1 Å². The maximum absolute atomic E-state index is 11.7. The van der Waals surface area contributed by atoms with E-state index >= 15 is 0 Å². The van der Waals surface area contributed by atoms with Crippen LogP contribution in [0.2, 0.25) is 0 Å². The van der Waals surface area contributed by atoms with Crippen LogP contribution >= 0.6 is 11.3 Å². The molecule has 0 bridgehead atoms. The first-order valence-corrected chi connectivity index (χ1v) is 7.50. The number of hydrogen-bond donors (Lipinski definition) is 0. The average Bonchev–Trinajstić information content (AvgIpc) is 2.94. The Morgan fingerprint density at radius 3 is 3.00 bits per heavy atom. The molecule has 3 rings (SSSR count). The van der Waals surface area contributed by atoms with Gasteiger partial charge in [-0.3, -0.25) is 0 Å². The summed E-state index contributed by atoms with van der Waals surface area (Å²) in [5, 5.41) is 0. The maximum Gasteiger partial charge on any atom is 0.231 e. The molecular weight excluding hydrogens is 262 g/mol. The van der Waals surface area contributed by atoms with Gasteiger partial charge in [-0.25, -0.2) is 13.4 Å². The van der Waals surface area contributed by atoms with Gasteiger partial charge in [0.2, 0.25) is 21.0 Å². The number of benzene rings is 1. The summed E-state index contributed by atoms with van der Waals surface area (Å²) in [4.78, 5) is 4.15. The van der Waals surface area contributed by atoms with Crippen molar-refractivity contribution in [3.63, 3.8) is 0 Å². The molecule has 2 heterocycles. The number of fused-ring (bicyclic) bond motifs is 3. The van der Waals surface area contributed by atoms with Gasteiger partial charge in [-0.15, -0.1) is 11.3 Å². The predicted molar refractivity (Wildman–Crippen MR) is 63.5 cm³/mol. The van der Waals surface area contributed by atoms with Crippen molar-refractivity contribution in [2.45, 2.75) is 11.3 Å². The zero-order valence-electron chi connectivity index (χ0n) is 8.97. The van der Waals surface area contributed by atoms with Crippen molar-refractivity contribution in [1.29, 1.82) is 0 Å². The molecule has 0 fully saturated rings. The molecular formula is C10H9NO4S2. The van der Waals surface area contributed by atoms with E-state index in [0.29, 0.717) is 17.0 Å². The van der Waals surface area contributed by atoms with Gasteiger partial charge in [-0.2, -0.15) is 0 Å². The Bertz CT molecular complexity index is 690. The van der Waals surface area contributed by atoms with Crippen LogP contribution in [-0.2, 0) is 9.84 Å². The van der Waals surface area contributed by atoms with Crippen molar-refractivity contribution < 1.29 is 17.9 Å². The SMILES string of the molecule is CCS(=O)(=O)c1nc2c3c(ccc2s1)OCO3. The summed E-state index contributed by atoms with van der Waals surface area (Å²) in [6.07, 6.45) is 0. The molecule has 0 unspecified atom stereocenters. The number of hydrogen-bond acceptors (Lipinski definition) is 6. The van der Waals surface area contributed by atoms with Gasteiger partial charge < -0.3 is 9.47 Å². The summed E-state index contributed by atoms with van der Waals surface area (Å²) in [5.41, 5.74) is 0.567. The van der Waals surface area contributed by atoms with E-state index in [2.05, 4.69) is 4.98 Å². The second kappa shape index (κ2) is 3.58. The van der Waals surface area contributed by atoms with Crippen LogP contribution in [0, 0.1) is 0 Å². The van der Waals surface area contributed by atoms with Gasteiger partial charge in [0.1, 0.15) is 5.52 Å². The molecule has 0 radical (unpaired) electrons. The number of ether oxygens (including phenoxy) is 2. The Morgan fingerprint density at radius 1 is 1.41 bits per heavy atom. The normalized spacial score (nSPS) is 14.4. The Kier molecular flexibility index (Phi) is 2.27. The van der Waals surface area contributed by atoms with Crippen molar-refractivity contribution in [1.82, 2.24) is 4.98 Å². The van der Waals surface area contributed by atoms with Crippen LogP contribution in [0.5, 0.6) is 11.5 Å². The summed E-state index contributed by atoms with van der Waals surface area (Å²) in [6.45, 7) is 1.76. The lowest BCUT2D eigenvalue weighted by atomic mass is 10.3. The van der Waals surface area contributed by atoms with E-state index in [0.717, 1.165) is 16.0 Å². The third-order valence-corrected chi connectivity index (χ3v) is 5.73.